The van der Waals surface area contributed by atoms with Crippen LogP contribution in [0, 0.1) is 6.92 Å². The van der Waals surface area contributed by atoms with Gasteiger partial charge in [-0.1, -0.05) is 35.0 Å². The highest BCUT2D eigenvalue weighted by Gasteiger charge is 2.17. The number of thiophene rings is 1. The number of aryl methyl sites for hydroxylation is 1. The molecule has 18 heavy (non-hydrogen) atoms. The van der Waals surface area contributed by atoms with Crippen LogP contribution in [0.3, 0.4) is 0 Å². The Balaban J connectivity index is 2.41. The van der Waals surface area contributed by atoms with E-state index in [0.29, 0.717) is 0 Å². The fourth-order valence-corrected chi connectivity index (χ4v) is 3.97. The minimum absolute atomic E-state index is 0.251. The fraction of sp³-hybridized carbons (Fsp3) is 0.286. The molecule has 0 aliphatic heterocycles. The van der Waals surface area contributed by atoms with Crippen molar-refractivity contribution in [1.82, 2.24) is 5.32 Å². The highest BCUT2D eigenvalue weighted by molar-refractivity contribution is 9.10. The zero-order valence-corrected chi connectivity index (χ0v) is 14.3. The summed E-state index contributed by atoms with van der Waals surface area (Å²) in [5.41, 5.74) is 2.55. The summed E-state index contributed by atoms with van der Waals surface area (Å²) in [5, 5.41) is 5.67. The molecule has 2 rings (SSSR count). The van der Waals surface area contributed by atoms with Crippen LogP contribution in [0.1, 0.15) is 29.0 Å². The summed E-state index contributed by atoms with van der Waals surface area (Å²) in [4.78, 5) is 1.33. The number of hydrogen-bond acceptors (Lipinski definition) is 2. The van der Waals surface area contributed by atoms with E-state index in [-0.39, 0.29) is 6.04 Å². The van der Waals surface area contributed by atoms with Crippen LogP contribution in [-0.4, -0.2) is 6.54 Å². The first-order chi connectivity index (χ1) is 8.63. The third kappa shape index (κ3) is 3.05. The molecular weight excluding hydrogens is 374 g/mol. The summed E-state index contributed by atoms with van der Waals surface area (Å²) in [6.07, 6.45) is 0. The lowest BCUT2D eigenvalue weighted by atomic mass is 10.0. The Kier molecular flexibility index (Phi) is 5.01. The van der Waals surface area contributed by atoms with Crippen LogP contribution < -0.4 is 5.32 Å². The number of rotatable bonds is 4. The minimum Gasteiger partial charge on any atom is -0.306 e. The molecule has 0 aliphatic carbocycles. The Labute approximate surface area is 129 Å². The first-order valence-electron chi connectivity index (χ1n) is 5.85. The Bertz CT molecular complexity index is 536. The van der Waals surface area contributed by atoms with Gasteiger partial charge in [0.25, 0.3) is 0 Å². The van der Waals surface area contributed by atoms with Crippen molar-refractivity contribution < 1.29 is 0 Å². The van der Waals surface area contributed by atoms with Gasteiger partial charge in [-0.15, -0.1) is 11.3 Å². The van der Waals surface area contributed by atoms with Gasteiger partial charge in [0, 0.05) is 13.8 Å². The average Bonchev–Trinajstić information content (AvgIpc) is 2.76. The van der Waals surface area contributed by atoms with Gasteiger partial charge in [0.15, 0.2) is 0 Å². The van der Waals surface area contributed by atoms with E-state index in [1.54, 1.807) is 11.3 Å². The van der Waals surface area contributed by atoms with E-state index in [1.165, 1.54) is 20.5 Å². The summed E-state index contributed by atoms with van der Waals surface area (Å²) in [5.74, 6) is 0. The maximum absolute atomic E-state index is 3.63. The van der Waals surface area contributed by atoms with Gasteiger partial charge >= 0.3 is 0 Å². The second kappa shape index (κ2) is 6.33. The van der Waals surface area contributed by atoms with Crippen LogP contribution in [0.4, 0.5) is 0 Å². The van der Waals surface area contributed by atoms with E-state index in [1.807, 2.05) is 0 Å². The molecular formula is C14H15Br2NS. The summed E-state index contributed by atoms with van der Waals surface area (Å²) < 4.78 is 2.34. The fourth-order valence-electron chi connectivity index (χ4n) is 1.87. The van der Waals surface area contributed by atoms with Crippen molar-refractivity contribution in [3.05, 3.63) is 54.6 Å². The molecule has 1 atom stereocenters. The van der Waals surface area contributed by atoms with Gasteiger partial charge in [-0.2, -0.15) is 0 Å². The molecule has 0 spiro atoms. The van der Waals surface area contributed by atoms with Gasteiger partial charge in [0.2, 0.25) is 0 Å². The lowest BCUT2D eigenvalue weighted by molar-refractivity contribution is 0.637. The van der Waals surface area contributed by atoms with Crippen molar-refractivity contribution in [2.45, 2.75) is 19.9 Å². The first kappa shape index (κ1) is 14.3. The maximum atomic E-state index is 3.63. The van der Waals surface area contributed by atoms with E-state index in [9.17, 15) is 0 Å². The molecule has 0 radical (unpaired) electrons. The van der Waals surface area contributed by atoms with Crippen LogP contribution in [0.25, 0.3) is 0 Å². The van der Waals surface area contributed by atoms with Gasteiger partial charge in [-0.25, -0.2) is 0 Å². The van der Waals surface area contributed by atoms with Gasteiger partial charge in [-0.05, 0) is 58.0 Å². The quantitative estimate of drug-likeness (QED) is 0.751. The molecule has 1 nitrogen and oxygen atoms in total. The van der Waals surface area contributed by atoms with Crippen molar-refractivity contribution >= 4 is 43.2 Å². The molecule has 1 heterocycles. The smallest absolute Gasteiger partial charge is 0.0682 e. The molecule has 0 saturated heterocycles. The Morgan fingerprint density at radius 1 is 1.22 bits per heavy atom. The highest BCUT2D eigenvalue weighted by atomic mass is 79.9. The molecule has 1 N–H and O–H groups in total. The van der Waals surface area contributed by atoms with E-state index in [2.05, 4.69) is 80.7 Å². The van der Waals surface area contributed by atoms with Crippen LogP contribution in [0.15, 0.2) is 38.6 Å². The number of halogens is 2. The van der Waals surface area contributed by atoms with Crippen molar-refractivity contribution in [3.8, 4) is 0 Å². The van der Waals surface area contributed by atoms with E-state index < -0.39 is 0 Å². The number of hydrogen-bond donors (Lipinski definition) is 1. The topological polar surface area (TPSA) is 12.0 Å². The van der Waals surface area contributed by atoms with E-state index in [4.69, 9.17) is 0 Å². The van der Waals surface area contributed by atoms with Gasteiger partial charge in [-0.3, -0.25) is 0 Å². The van der Waals surface area contributed by atoms with Crippen molar-refractivity contribution in [3.63, 3.8) is 0 Å². The number of benzene rings is 1. The Morgan fingerprint density at radius 2 is 2.00 bits per heavy atom. The molecule has 1 aromatic heterocycles. The van der Waals surface area contributed by atoms with Crippen molar-refractivity contribution in [2.75, 3.05) is 6.54 Å². The molecule has 1 unspecified atom stereocenters. The second-order valence-electron chi connectivity index (χ2n) is 4.13. The lowest BCUT2D eigenvalue weighted by Crippen LogP contribution is -2.21. The molecule has 0 saturated carbocycles. The monoisotopic (exact) mass is 387 g/mol. The zero-order chi connectivity index (χ0) is 13.1. The molecule has 0 aliphatic rings. The Hall–Kier alpha value is -0.160. The predicted octanol–water partition coefficient (Wildman–Crippen LogP) is 5.28. The van der Waals surface area contributed by atoms with Crippen LogP contribution >= 0.6 is 43.2 Å². The summed E-state index contributed by atoms with van der Waals surface area (Å²) in [6.45, 7) is 5.19. The van der Waals surface area contributed by atoms with Gasteiger partial charge in [0.05, 0.1) is 6.04 Å². The normalized spacial score (nSPS) is 12.7. The van der Waals surface area contributed by atoms with Gasteiger partial charge in [0.1, 0.15) is 0 Å². The minimum atomic E-state index is 0.251. The third-order valence-corrected chi connectivity index (χ3v) is 5.63. The van der Waals surface area contributed by atoms with Gasteiger partial charge < -0.3 is 5.32 Å². The lowest BCUT2D eigenvalue weighted by Gasteiger charge is -2.18. The van der Waals surface area contributed by atoms with Crippen LogP contribution in [0.2, 0.25) is 0 Å². The zero-order valence-electron chi connectivity index (χ0n) is 10.3. The molecule has 0 amide bonds. The maximum Gasteiger partial charge on any atom is 0.0682 e. The standard InChI is InChI=1S/C14H15Br2NS/c1-3-17-13(14-11(15)6-7-18-14)10-5-4-9(2)12(16)8-10/h4-8,13,17H,3H2,1-2H3. The Morgan fingerprint density at radius 3 is 2.56 bits per heavy atom. The second-order valence-corrected chi connectivity index (χ2v) is 6.79. The average molecular weight is 389 g/mol. The molecule has 1 aromatic carbocycles. The third-order valence-electron chi connectivity index (χ3n) is 2.84. The molecule has 0 fully saturated rings. The SMILES string of the molecule is CCNC(c1ccc(C)c(Br)c1)c1sccc1Br. The molecule has 2 aromatic rings. The molecule has 0 bridgehead atoms. The largest absolute Gasteiger partial charge is 0.306 e. The van der Waals surface area contributed by atoms with Crippen molar-refractivity contribution in [1.29, 1.82) is 0 Å². The first-order valence-corrected chi connectivity index (χ1v) is 8.32. The highest BCUT2D eigenvalue weighted by Crippen LogP contribution is 2.34. The molecule has 96 valence electrons. The molecule has 4 heteroatoms. The van der Waals surface area contributed by atoms with E-state index in [0.717, 1.165) is 11.0 Å². The van der Waals surface area contributed by atoms with Crippen LogP contribution in [0.5, 0.6) is 0 Å². The predicted molar refractivity (Wildman–Crippen MR) is 86.4 cm³/mol. The number of nitrogens with one attached hydrogen (secondary N) is 1. The summed E-state index contributed by atoms with van der Waals surface area (Å²) in [6, 6.07) is 8.91. The van der Waals surface area contributed by atoms with Crippen LogP contribution in [-0.2, 0) is 0 Å². The van der Waals surface area contributed by atoms with E-state index >= 15 is 0 Å². The summed E-state index contributed by atoms with van der Waals surface area (Å²) >= 11 is 9.01. The van der Waals surface area contributed by atoms with Crippen molar-refractivity contribution in [2.24, 2.45) is 0 Å². The summed E-state index contributed by atoms with van der Waals surface area (Å²) in [7, 11) is 0.